The van der Waals surface area contributed by atoms with Crippen molar-refractivity contribution in [3.8, 4) is 0 Å². The van der Waals surface area contributed by atoms with Crippen LogP contribution in [0, 0.1) is 46.8 Å². The lowest BCUT2D eigenvalue weighted by Crippen LogP contribution is -2.77. The molecule has 7 rings (SSSR count). The van der Waals surface area contributed by atoms with Crippen molar-refractivity contribution in [2.45, 2.75) is 158 Å². The first kappa shape index (κ1) is 36.9. The number of hydrogen-bond donors (Lipinski definition) is 7. The minimum Gasteiger partial charge on any atom is -0.456 e. The molecule has 7 fully saturated rings. The van der Waals surface area contributed by atoms with Crippen LogP contribution in [0.3, 0.4) is 0 Å². The molecule has 0 amide bonds. The summed E-state index contributed by atoms with van der Waals surface area (Å²) in [5.41, 5.74) is -7.89. The molecule has 19 atom stereocenters. The van der Waals surface area contributed by atoms with Gasteiger partial charge in [-0.3, -0.25) is 9.69 Å². The molecule has 13 nitrogen and oxygen atoms in total. The number of carbonyl (C=O) groups excluding carboxylic acids is 2. The maximum atomic E-state index is 13.5. The lowest BCUT2D eigenvalue weighted by atomic mass is 9.49. The Morgan fingerprint density at radius 3 is 2.38 bits per heavy atom. The van der Waals surface area contributed by atoms with Gasteiger partial charge in [-0.05, 0) is 83.5 Å². The second-order valence-electron chi connectivity index (χ2n) is 18.2. The summed E-state index contributed by atoms with van der Waals surface area (Å²) in [5.74, 6) is -7.78. The number of fused-ring (bicyclic) bond motifs is 5. The number of rotatable bonds is 6. The van der Waals surface area contributed by atoms with E-state index in [-0.39, 0.29) is 25.3 Å². The molecule has 3 saturated heterocycles. The molecule has 3 aliphatic heterocycles. The van der Waals surface area contributed by atoms with Gasteiger partial charge in [0.2, 0.25) is 5.79 Å². The smallest absolute Gasteiger partial charge is 0.341 e. The Morgan fingerprint density at radius 1 is 1.06 bits per heavy atom. The number of nitrogens with zero attached hydrogens (tertiary/aromatic N) is 1. The number of aliphatic hydroxyl groups is 7. The summed E-state index contributed by atoms with van der Waals surface area (Å²) in [6.07, 6.45) is -4.15. The van der Waals surface area contributed by atoms with E-state index >= 15 is 0 Å². The molecule has 0 aromatic rings. The summed E-state index contributed by atoms with van der Waals surface area (Å²) in [7, 11) is 0. The lowest BCUT2D eigenvalue weighted by Gasteiger charge is -2.64. The van der Waals surface area contributed by atoms with Crippen molar-refractivity contribution in [1.82, 2.24) is 4.90 Å². The zero-order valence-corrected chi connectivity index (χ0v) is 30.5. The largest absolute Gasteiger partial charge is 0.456 e. The van der Waals surface area contributed by atoms with Crippen molar-refractivity contribution in [2.24, 2.45) is 46.8 Å². The number of carbonyl (C=O) groups is 2. The maximum Gasteiger partial charge on any atom is 0.341 e. The molecular formula is C37H59NO12. The first-order valence-corrected chi connectivity index (χ1v) is 18.9. The molecule has 4 aliphatic carbocycles. The highest BCUT2D eigenvalue weighted by atomic mass is 16.7. The van der Waals surface area contributed by atoms with Gasteiger partial charge in [-0.1, -0.05) is 27.7 Å². The van der Waals surface area contributed by atoms with E-state index in [1.54, 1.807) is 13.8 Å². The van der Waals surface area contributed by atoms with Gasteiger partial charge in [-0.2, -0.15) is 0 Å². The maximum absolute atomic E-state index is 13.5. The highest BCUT2D eigenvalue weighted by Crippen LogP contribution is 2.77. The predicted octanol–water partition coefficient (Wildman–Crippen LogP) is 0.466. The fraction of sp³-hybridized carbons (Fsp3) is 0.946. The van der Waals surface area contributed by atoms with Gasteiger partial charge in [-0.15, -0.1) is 0 Å². The molecule has 0 aromatic carbocycles. The van der Waals surface area contributed by atoms with Crippen LogP contribution in [0.25, 0.3) is 0 Å². The van der Waals surface area contributed by atoms with E-state index in [0.29, 0.717) is 25.3 Å². The van der Waals surface area contributed by atoms with Crippen LogP contribution in [0.5, 0.6) is 0 Å². The summed E-state index contributed by atoms with van der Waals surface area (Å²) in [6.45, 7) is 13.1. The summed E-state index contributed by atoms with van der Waals surface area (Å²) in [4.78, 5) is 28.9. The van der Waals surface area contributed by atoms with Crippen LogP contribution < -0.4 is 0 Å². The van der Waals surface area contributed by atoms with Crippen LogP contribution in [0.1, 0.15) is 93.4 Å². The Labute approximate surface area is 294 Å². The third-order valence-corrected chi connectivity index (χ3v) is 15.5. The molecule has 0 radical (unpaired) electrons. The molecule has 1 spiro atoms. The van der Waals surface area contributed by atoms with Crippen LogP contribution >= 0.6 is 0 Å². The molecule has 7 aliphatic rings. The lowest BCUT2D eigenvalue weighted by molar-refractivity contribution is -0.300. The molecule has 4 saturated carbocycles. The van der Waals surface area contributed by atoms with Gasteiger partial charge in [0.05, 0.1) is 35.4 Å². The van der Waals surface area contributed by atoms with Crippen molar-refractivity contribution in [3.63, 3.8) is 0 Å². The van der Waals surface area contributed by atoms with Gasteiger partial charge in [0.15, 0.2) is 17.8 Å². The van der Waals surface area contributed by atoms with Crippen molar-refractivity contribution in [1.29, 1.82) is 0 Å². The van der Waals surface area contributed by atoms with E-state index in [1.165, 1.54) is 6.92 Å². The van der Waals surface area contributed by atoms with Crippen LogP contribution in [0.4, 0.5) is 0 Å². The Hall–Kier alpha value is -1.42. The fourth-order valence-corrected chi connectivity index (χ4v) is 12.5. The molecule has 284 valence electrons. The predicted molar refractivity (Wildman–Crippen MR) is 176 cm³/mol. The zero-order chi connectivity index (χ0) is 36.7. The first-order valence-electron chi connectivity index (χ1n) is 18.9. The normalized spacial score (nSPS) is 54.6. The minimum absolute atomic E-state index is 0.0328. The Balaban J connectivity index is 1.34. The van der Waals surface area contributed by atoms with E-state index in [9.17, 15) is 45.3 Å². The SMILES string of the molecule is CCC(C)C(=O)O[C@H]1C(O)[C@H]2C(CN3CC(C)CC[C@H]3[C@@]2(C)O)[C@@H]2C[C@]34O[C@]5(O)C(OC(=O)C(C)(O)C(C)O)CCC3(C)C5C[C@@H](O)C4[C@@]21O. The molecule has 13 heteroatoms. The standard InChI is InChI=1S/C37H59NO12/c1-8-18(3)30(42)49-29-27(41)26-20(16-38-15-17(2)9-10-24(38)34(26,7)45)21-14-35-28(36(21,29)46)22(40)13-23-32(35,5)12-11-25(37(23,47)50-35)48-31(43)33(6,44)19(4)39/h17-29,39-41,44-47H,8-16H2,1-7H3/t17?,18?,19?,20?,21-,22+,23?,24-,25?,26+,27?,28?,29-,32?,33?,34+,35+,36-,37-/m0/s1. The highest BCUT2D eigenvalue weighted by Gasteiger charge is 2.87. The third kappa shape index (κ3) is 4.57. The minimum atomic E-state index is -2.25. The summed E-state index contributed by atoms with van der Waals surface area (Å²) in [6, 6.07) is -0.238. The van der Waals surface area contributed by atoms with Gasteiger partial charge in [0.1, 0.15) is 5.60 Å². The average molecular weight is 710 g/mol. The van der Waals surface area contributed by atoms with E-state index in [0.717, 1.165) is 26.3 Å². The Morgan fingerprint density at radius 2 is 1.74 bits per heavy atom. The monoisotopic (exact) mass is 709 g/mol. The van der Waals surface area contributed by atoms with Crippen LogP contribution in [0.2, 0.25) is 0 Å². The summed E-state index contributed by atoms with van der Waals surface area (Å²) in [5, 5.41) is 83.5. The number of ether oxygens (including phenoxy) is 3. The highest BCUT2D eigenvalue weighted by molar-refractivity contribution is 5.79. The van der Waals surface area contributed by atoms with E-state index in [2.05, 4.69) is 11.8 Å². The van der Waals surface area contributed by atoms with Gasteiger partial charge >= 0.3 is 11.9 Å². The van der Waals surface area contributed by atoms with Crippen molar-refractivity contribution >= 4 is 11.9 Å². The van der Waals surface area contributed by atoms with Crippen molar-refractivity contribution in [3.05, 3.63) is 0 Å². The Bertz CT molecular complexity index is 1390. The van der Waals surface area contributed by atoms with Gasteiger partial charge in [0, 0.05) is 42.3 Å². The van der Waals surface area contributed by atoms with E-state index in [1.807, 2.05) is 13.8 Å². The van der Waals surface area contributed by atoms with Gasteiger partial charge in [0.25, 0.3) is 0 Å². The molecule has 0 aromatic heterocycles. The topological polar surface area (TPSA) is 207 Å². The van der Waals surface area contributed by atoms with E-state index in [4.69, 9.17) is 14.2 Å². The fourth-order valence-electron chi connectivity index (χ4n) is 12.5. The zero-order valence-electron chi connectivity index (χ0n) is 30.5. The third-order valence-electron chi connectivity index (χ3n) is 15.5. The van der Waals surface area contributed by atoms with Crippen molar-refractivity contribution < 1.29 is 59.5 Å². The van der Waals surface area contributed by atoms with Gasteiger partial charge < -0.3 is 50.0 Å². The number of aliphatic hydroxyl groups excluding tert-OH is 3. The number of hydrogen-bond acceptors (Lipinski definition) is 13. The first-order chi connectivity index (χ1) is 23.1. The summed E-state index contributed by atoms with van der Waals surface area (Å²) < 4.78 is 18.7. The quantitative estimate of drug-likeness (QED) is 0.188. The second-order valence-corrected chi connectivity index (χ2v) is 18.2. The van der Waals surface area contributed by atoms with Crippen LogP contribution in [0.15, 0.2) is 0 Å². The van der Waals surface area contributed by atoms with Crippen LogP contribution in [-0.2, 0) is 23.8 Å². The molecular weight excluding hydrogens is 650 g/mol. The molecule has 10 unspecified atom stereocenters. The number of piperidine rings is 2. The molecule has 3 heterocycles. The second kappa shape index (κ2) is 11.5. The average Bonchev–Trinajstić information content (AvgIpc) is 3.31. The molecule has 4 bridgehead atoms. The van der Waals surface area contributed by atoms with Gasteiger partial charge in [-0.25, -0.2) is 4.79 Å². The molecule has 7 N–H and O–H groups in total. The molecule has 50 heavy (non-hydrogen) atoms. The summed E-state index contributed by atoms with van der Waals surface area (Å²) >= 11 is 0. The Kier molecular flexibility index (Phi) is 8.52. The van der Waals surface area contributed by atoms with Crippen LogP contribution in [-0.4, -0.2) is 130 Å². The van der Waals surface area contributed by atoms with E-state index < -0.39 is 112 Å². The number of esters is 2. The van der Waals surface area contributed by atoms with Crippen molar-refractivity contribution in [2.75, 3.05) is 13.1 Å².